The summed E-state index contributed by atoms with van der Waals surface area (Å²) >= 11 is 0. The summed E-state index contributed by atoms with van der Waals surface area (Å²) in [7, 11) is 0. The third kappa shape index (κ3) is 3.86. The van der Waals surface area contributed by atoms with Crippen molar-refractivity contribution in [3.05, 3.63) is 53.6 Å². The number of hydrogen-bond donors (Lipinski definition) is 3. The maximum atomic E-state index is 13.6. The summed E-state index contributed by atoms with van der Waals surface area (Å²) in [5, 5.41) is 24.9. The molecule has 1 unspecified atom stereocenters. The number of phenolic OH excluding ortho intramolecular Hbond substituents is 1. The highest BCUT2D eigenvalue weighted by molar-refractivity contribution is 6.04. The predicted octanol–water partition coefficient (Wildman–Crippen LogP) is 2.78. The molecule has 158 valence electrons. The van der Waals surface area contributed by atoms with E-state index in [2.05, 4.69) is 25.9 Å². The molecule has 4 rings (SSSR count). The lowest BCUT2D eigenvalue weighted by atomic mass is 10.1. The predicted molar refractivity (Wildman–Crippen MR) is 109 cm³/mol. The number of ether oxygens (including phenoxy) is 1. The van der Waals surface area contributed by atoms with Crippen LogP contribution in [0.1, 0.15) is 37.9 Å². The molecular formula is C20H23FN6O3. The minimum absolute atomic E-state index is 0.0118. The van der Waals surface area contributed by atoms with Gasteiger partial charge in [-0.05, 0) is 45.0 Å². The molecule has 0 bridgehead atoms. The van der Waals surface area contributed by atoms with E-state index < -0.39 is 11.5 Å². The minimum Gasteiger partial charge on any atom is -0.508 e. The summed E-state index contributed by atoms with van der Waals surface area (Å²) in [5.74, 6) is 0.640. The standard InChI is InChI=1S/C20H23FN6O3/c1-4-29-11-20(3)25-18(26-30-20)15-10-22-27-8-7-17(24-19(15)27)23-12(2)14-9-13(21)5-6-16(14)28/h5-10,12,28H,4,11H2,1-3H3,(H,23,24)(H,25,26)/t12-,20?/m1/s1. The van der Waals surface area contributed by atoms with Crippen LogP contribution < -0.4 is 10.6 Å². The van der Waals surface area contributed by atoms with Gasteiger partial charge in [-0.1, -0.05) is 5.16 Å². The third-order valence-electron chi connectivity index (χ3n) is 4.75. The van der Waals surface area contributed by atoms with Crippen molar-refractivity contribution in [3.63, 3.8) is 0 Å². The molecule has 2 aromatic heterocycles. The first-order valence-electron chi connectivity index (χ1n) is 9.60. The van der Waals surface area contributed by atoms with Crippen molar-refractivity contribution in [1.82, 2.24) is 19.9 Å². The fourth-order valence-electron chi connectivity index (χ4n) is 3.21. The average Bonchev–Trinajstić information content (AvgIpc) is 3.31. The first-order chi connectivity index (χ1) is 14.4. The maximum Gasteiger partial charge on any atom is 0.229 e. The Bertz CT molecular complexity index is 1100. The van der Waals surface area contributed by atoms with E-state index in [1.165, 1.54) is 18.2 Å². The highest BCUT2D eigenvalue weighted by Crippen LogP contribution is 2.27. The van der Waals surface area contributed by atoms with Crippen LogP contribution in [0.25, 0.3) is 5.65 Å². The van der Waals surface area contributed by atoms with Gasteiger partial charge in [0, 0.05) is 18.4 Å². The van der Waals surface area contributed by atoms with E-state index in [1.807, 2.05) is 20.8 Å². The molecule has 3 aromatic rings. The molecule has 10 heteroatoms. The Kier molecular flexibility index (Phi) is 5.17. The van der Waals surface area contributed by atoms with E-state index in [9.17, 15) is 9.50 Å². The molecular weight excluding hydrogens is 391 g/mol. The van der Waals surface area contributed by atoms with Crippen molar-refractivity contribution in [2.24, 2.45) is 5.16 Å². The van der Waals surface area contributed by atoms with Gasteiger partial charge in [0.05, 0.1) is 17.8 Å². The molecule has 9 nitrogen and oxygen atoms in total. The normalized spacial score (nSPS) is 19.3. The van der Waals surface area contributed by atoms with Gasteiger partial charge in [-0.3, -0.25) is 0 Å². The van der Waals surface area contributed by atoms with E-state index in [0.29, 0.717) is 41.6 Å². The number of phenols is 1. The Hall–Kier alpha value is -3.40. The van der Waals surface area contributed by atoms with Crippen molar-refractivity contribution < 1.29 is 19.1 Å². The number of oxime groups is 1. The molecule has 1 aromatic carbocycles. The van der Waals surface area contributed by atoms with Gasteiger partial charge in [0.25, 0.3) is 0 Å². The van der Waals surface area contributed by atoms with Crippen molar-refractivity contribution in [2.75, 3.05) is 18.5 Å². The lowest BCUT2D eigenvalue weighted by Gasteiger charge is -2.21. The molecule has 2 atom stereocenters. The number of nitrogens with zero attached hydrogens (tertiary/aromatic N) is 4. The van der Waals surface area contributed by atoms with Gasteiger partial charge in [-0.2, -0.15) is 5.10 Å². The highest BCUT2D eigenvalue weighted by atomic mass is 19.1. The van der Waals surface area contributed by atoms with E-state index in [-0.39, 0.29) is 11.8 Å². The first-order valence-corrected chi connectivity index (χ1v) is 9.60. The number of fused-ring (bicyclic) bond motifs is 1. The lowest BCUT2D eigenvalue weighted by molar-refractivity contribution is -0.0766. The summed E-state index contributed by atoms with van der Waals surface area (Å²) in [6, 6.07) is 5.21. The van der Waals surface area contributed by atoms with Crippen molar-refractivity contribution in [2.45, 2.75) is 32.5 Å². The molecule has 0 saturated heterocycles. The number of aromatic nitrogens is 3. The molecule has 30 heavy (non-hydrogen) atoms. The van der Waals surface area contributed by atoms with Crippen LogP contribution in [0, 0.1) is 5.82 Å². The quantitative estimate of drug-likeness (QED) is 0.546. The second-order valence-corrected chi connectivity index (χ2v) is 7.23. The van der Waals surface area contributed by atoms with Gasteiger partial charge in [0.15, 0.2) is 11.5 Å². The second-order valence-electron chi connectivity index (χ2n) is 7.23. The highest BCUT2D eigenvalue weighted by Gasteiger charge is 2.35. The summed E-state index contributed by atoms with van der Waals surface area (Å²) in [5.41, 5.74) is 0.900. The number of anilines is 1. The summed E-state index contributed by atoms with van der Waals surface area (Å²) in [6.07, 6.45) is 3.40. The molecule has 0 amide bonds. The monoisotopic (exact) mass is 414 g/mol. The molecule has 0 fully saturated rings. The molecule has 1 aliphatic rings. The van der Waals surface area contributed by atoms with Crippen LogP contribution in [0.15, 0.2) is 41.8 Å². The van der Waals surface area contributed by atoms with Gasteiger partial charge in [0.2, 0.25) is 5.72 Å². The van der Waals surface area contributed by atoms with Crippen LogP contribution >= 0.6 is 0 Å². The Labute approximate surface area is 172 Å². The van der Waals surface area contributed by atoms with Gasteiger partial charge in [-0.25, -0.2) is 13.9 Å². The minimum atomic E-state index is -0.765. The van der Waals surface area contributed by atoms with Crippen LogP contribution in [0.4, 0.5) is 10.2 Å². The second kappa shape index (κ2) is 7.79. The Morgan fingerprint density at radius 2 is 2.23 bits per heavy atom. The molecule has 3 N–H and O–H groups in total. The number of halogens is 1. The maximum absolute atomic E-state index is 13.6. The summed E-state index contributed by atoms with van der Waals surface area (Å²) in [4.78, 5) is 10.1. The number of rotatable bonds is 7. The topological polar surface area (TPSA) is 105 Å². The number of nitrogens with one attached hydrogen (secondary N) is 2. The number of hydrogen-bond acceptors (Lipinski definition) is 8. The molecule has 3 heterocycles. The zero-order valence-electron chi connectivity index (χ0n) is 16.9. The van der Waals surface area contributed by atoms with Crippen molar-refractivity contribution in [1.29, 1.82) is 0 Å². The van der Waals surface area contributed by atoms with Crippen LogP contribution in [0.2, 0.25) is 0 Å². The van der Waals surface area contributed by atoms with Gasteiger partial charge < -0.3 is 25.3 Å². The Morgan fingerprint density at radius 3 is 3.03 bits per heavy atom. The zero-order chi connectivity index (χ0) is 21.3. The SMILES string of the molecule is CCOCC1(C)NC(c2cnn3ccc(N[C@H](C)c4cc(F)ccc4O)nc23)=NO1. The van der Waals surface area contributed by atoms with Gasteiger partial charge in [0.1, 0.15) is 24.0 Å². The van der Waals surface area contributed by atoms with Gasteiger partial charge in [-0.15, -0.1) is 0 Å². The largest absolute Gasteiger partial charge is 0.508 e. The number of aromatic hydroxyl groups is 1. The lowest BCUT2D eigenvalue weighted by Crippen LogP contribution is -2.46. The number of amidine groups is 1. The Morgan fingerprint density at radius 1 is 1.40 bits per heavy atom. The zero-order valence-corrected chi connectivity index (χ0v) is 16.9. The average molecular weight is 414 g/mol. The third-order valence-corrected chi connectivity index (χ3v) is 4.75. The van der Waals surface area contributed by atoms with E-state index in [1.54, 1.807) is 23.0 Å². The van der Waals surface area contributed by atoms with Crippen LogP contribution in [0.5, 0.6) is 5.75 Å². The van der Waals surface area contributed by atoms with E-state index in [0.717, 1.165) is 0 Å². The number of benzene rings is 1. The van der Waals surface area contributed by atoms with E-state index in [4.69, 9.17) is 9.57 Å². The summed E-state index contributed by atoms with van der Waals surface area (Å²) in [6.45, 7) is 6.48. The van der Waals surface area contributed by atoms with Crippen LogP contribution in [0.3, 0.4) is 0 Å². The fourth-order valence-corrected chi connectivity index (χ4v) is 3.21. The van der Waals surface area contributed by atoms with Crippen molar-refractivity contribution in [3.8, 4) is 5.75 Å². The van der Waals surface area contributed by atoms with Crippen LogP contribution in [-0.4, -0.2) is 44.5 Å². The van der Waals surface area contributed by atoms with Gasteiger partial charge >= 0.3 is 0 Å². The molecule has 0 spiro atoms. The molecule has 1 aliphatic heterocycles. The summed E-state index contributed by atoms with van der Waals surface area (Å²) < 4.78 is 20.6. The van der Waals surface area contributed by atoms with Crippen LogP contribution in [-0.2, 0) is 9.57 Å². The first kappa shape index (κ1) is 19.9. The Balaban J connectivity index is 1.57. The van der Waals surface area contributed by atoms with E-state index >= 15 is 0 Å². The smallest absolute Gasteiger partial charge is 0.229 e. The molecule has 0 aliphatic carbocycles. The van der Waals surface area contributed by atoms with Crippen molar-refractivity contribution >= 4 is 17.3 Å². The fraction of sp³-hybridized carbons (Fsp3) is 0.350. The molecule has 0 saturated carbocycles. The molecule has 0 radical (unpaired) electrons.